The molecule has 1 rings (SSSR count). The van der Waals surface area contributed by atoms with E-state index < -0.39 is 0 Å². The number of hydrogen-bond donors (Lipinski definition) is 1. The van der Waals surface area contributed by atoms with Gasteiger partial charge in [0, 0.05) is 22.6 Å². The average molecular weight is 355 g/mol. The summed E-state index contributed by atoms with van der Waals surface area (Å²) in [6, 6.07) is 3.85. The number of anilines is 1. The third-order valence-corrected chi connectivity index (χ3v) is 3.19. The zero-order valence-corrected chi connectivity index (χ0v) is 12.0. The molecule has 0 atom stereocenters. The monoisotopic (exact) mass is 353 g/mol. The molecule has 0 spiro atoms. The normalized spacial score (nSPS) is 10.7. The number of rotatable bonds is 4. The molecular weight excluding hydrogens is 345 g/mol. The smallest absolute Gasteiger partial charge is 0.135 e. The minimum absolute atomic E-state index is 0.673. The largest absolute Gasteiger partial charge is 0.495 e. The summed E-state index contributed by atoms with van der Waals surface area (Å²) in [5.74, 6) is 0.788. The van der Waals surface area contributed by atoms with E-state index in [4.69, 9.17) is 16.3 Å². The van der Waals surface area contributed by atoms with Crippen LogP contribution < -0.4 is 10.1 Å². The molecule has 0 fully saturated rings. The van der Waals surface area contributed by atoms with Crippen molar-refractivity contribution in [2.45, 2.75) is 0 Å². The van der Waals surface area contributed by atoms with E-state index in [0.717, 1.165) is 20.4 Å². The van der Waals surface area contributed by atoms with Crippen LogP contribution in [0.5, 0.6) is 5.75 Å². The molecule has 1 aromatic rings. The summed E-state index contributed by atoms with van der Waals surface area (Å²) in [7, 11) is 1.64. The van der Waals surface area contributed by atoms with E-state index in [1.54, 1.807) is 7.11 Å². The van der Waals surface area contributed by atoms with Crippen molar-refractivity contribution in [2.75, 3.05) is 19.0 Å². The van der Waals surface area contributed by atoms with Gasteiger partial charge in [0.15, 0.2) is 0 Å². The molecule has 82 valence electrons. The Morgan fingerprint density at radius 3 is 2.73 bits per heavy atom. The first-order valence-corrected chi connectivity index (χ1v) is 6.23. The molecule has 0 aliphatic carbocycles. The van der Waals surface area contributed by atoms with Crippen LogP contribution in [0.25, 0.3) is 0 Å². The van der Waals surface area contributed by atoms with Crippen molar-refractivity contribution >= 4 is 49.1 Å². The van der Waals surface area contributed by atoms with Gasteiger partial charge in [-0.25, -0.2) is 0 Å². The lowest BCUT2D eigenvalue weighted by Crippen LogP contribution is -1.99. The number of hydrogen-bond acceptors (Lipinski definition) is 2. The Balaban J connectivity index is 2.87. The Kier molecular flexibility index (Phi) is 5.50. The third-order valence-electron chi connectivity index (χ3n) is 1.74. The molecule has 0 bridgehead atoms. The average Bonchev–Trinajstić information content (AvgIpc) is 2.21. The zero-order valence-electron chi connectivity index (χ0n) is 8.06. The van der Waals surface area contributed by atoms with Crippen LogP contribution in [0, 0.1) is 0 Å². The van der Waals surface area contributed by atoms with Gasteiger partial charge in [-0.15, -0.1) is 0 Å². The Bertz CT molecular complexity index is 369. The number of methoxy groups -OCH3 is 1. The summed E-state index contributed by atoms with van der Waals surface area (Å²) in [5, 5.41) is 3.20. The Labute approximate surface area is 111 Å². The fraction of sp³-hybridized carbons (Fsp3) is 0.200. The zero-order chi connectivity index (χ0) is 11.3. The van der Waals surface area contributed by atoms with Crippen LogP contribution in [-0.2, 0) is 0 Å². The van der Waals surface area contributed by atoms with E-state index in [1.165, 1.54) is 5.54 Å². The maximum Gasteiger partial charge on any atom is 0.135 e. The molecule has 0 radical (unpaired) electrons. The van der Waals surface area contributed by atoms with Crippen molar-refractivity contribution in [1.29, 1.82) is 0 Å². The Morgan fingerprint density at radius 1 is 1.40 bits per heavy atom. The molecule has 15 heavy (non-hydrogen) atoms. The Morgan fingerprint density at radius 2 is 2.13 bits per heavy atom. The van der Waals surface area contributed by atoms with Crippen LogP contribution >= 0.6 is 43.5 Å². The number of nitrogens with one attached hydrogen (secondary N) is 1. The highest BCUT2D eigenvalue weighted by Gasteiger charge is 2.05. The molecule has 0 saturated heterocycles. The highest BCUT2D eigenvalue weighted by atomic mass is 79.9. The molecule has 0 unspecified atom stereocenters. The van der Waals surface area contributed by atoms with E-state index in [9.17, 15) is 0 Å². The molecule has 0 aliphatic rings. The van der Waals surface area contributed by atoms with Crippen LogP contribution in [-0.4, -0.2) is 13.7 Å². The van der Waals surface area contributed by atoms with Gasteiger partial charge in [-0.3, -0.25) is 0 Å². The van der Waals surface area contributed by atoms with Gasteiger partial charge < -0.3 is 10.1 Å². The first kappa shape index (κ1) is 12.9. The maximum absolute atomic E-state index is 5.43. The summed E-state index contributed by atoms with van der Waals surface area (Å²) in [4.78, 5) is 0. The molecule has 1 N–H and O–H groups in total. The van der Waals surface area contributed by atoms with Gasteiger partial charge in [0.2, 0.25) is 0 Å². The summed E-state index contributed by atoms with van der Waals surface area (Å²) >= 11 is 12.3. The molecule has 5 heteroatoms. The first-order chi connectivity index (χ1) is 7.19. The van der Waals surface area contributed by atoms with Crippen molar-refractivity contribution in [3.8, 4) is 5.75 Å². The van der Waals surface area contributed by atoms with Gasteiger partial charge in [-0.1, -0.05) is 17.7 Å². The second-order valence-electron chi connectivity index (χ2n) is 2.71. The predicted molar refractivity (Wildman–Crippen MR) is 71.9 cm³/mol. The van der Waals surface area contributed by atoms with Crippen molar-refractivity contribution < 1.29 is 4.74 Å². The van der Waals surface area contributed by atoms with Gasteiger partial charge in [0.25, 0.3) is 0 Å². The summed E-state index contributed by atoms with van der Waals surface area (Å²) in [5.41, 5.74) is 2.45. The number of halogens is 3. The lowest BCUT2D eigenvalue weighted by atomic mass is 10.3. The van der Waals surface area contributed by atoms with Crippen molar-refractivity contribution in [3.63, 3.8) is 0 Å². The molecular formula is C10H10Br2ClNO. The standard InChI is InChI=1S/C10H10Br2ClNO/c1-15-10-6-9(14-4-2-3-13)7(11)5-8(10)12/h2-3,5-6,14H,4H2,1H3/b3-2+. The molecule has 0 aromatic heterocycles. The lowest BCUT2D eigenvalue weighted by Gasteiger charge is -2.10. The van der Waals surface area contributed by atoms with Crippen LogP contribution in [0.15, 0.2) is 32.7 Å². The van der Waals surface area contributed by atoms with Crippen LogP contribution in [0.1, 0.15) is 0 Å². The lowest BCUT2D eigenvalue weighted by molar-refractivity contribution is 0.412. The summed E-state index contributed by atoms with van der Waals surface area (Å²) in [6.07, 6.45) is 1.82. The van der Waals surface area contributed by atoms with E-state index in [1.807, 2.05) is 18.2 Å². The topological polar surface area (TPSA) is 21.3 Å². The quantitative estimate of drug-likeness (QED) is 0.865. The fourth-order valence-electron chi connectivity index (χ4n) is 1.03. The van der Waals surface area contributed by atoms with Crippen LogP contribution in [0.3, 0.4) is 0 Å². The van der Waals surface area contributed by atoms with Crippen molar-refractivity contribution in [1.82, 2.24) is 0 Å². The molecule has 0 saturated carbocycles. The highest BCUT2D eigenvalue weighted by Crippen LogP contribution is 2.34. The summed E-state index contributed by atoms with van der Waals surface area (Å²) in [6.45, 7) is 0.673. The van der Waals surface area contributed by atoms with Crippen LogP contribution in [0.4, 0.5) is 5.69 Å². The predicted octanol–water partition coefficient (Wildman–Crippen LogP) is 4.38. The van der Waals surface area contributed by atoms with Gasteiger partial charge in [-0.2, -0.15) is 0 Å². The van der Waals surface area contributed by atoms with Gasteiger partial charge in [0.05, 0.1) is 17.3 Å². The van der Waals surface area contributed by atoms with Crippen LogP contribution in [0.2, 0.25) is 0 Å². The molecule has 0 heterocycles. The second-order valence-corrected chi connectivity index (χ2v) is 4.67. The molecule has 0 amide bonds. The van der Waals surface area contributed by atoms with Crippen molar-refractivity contribution in [2.24, 2.45) is 0 Å². The van der Waals surface area contributed by atoms with E-state index >= 15 is 0 Å². The van der Waals surface area contributed by atoms with Gasteiger partial charge >= 0.3 is 0 Å². The van der Waals surface area contributed by atoms with E-state index in [0.29, 0.717) is 6.54 Å². The minimum atomic E-state index is 0.673. The summed E-state index contributed by atoms with van der Waals surface area (Å²) < 4.78 is 7.08. The van der Waals surface area contributed by atoms with Gasteiger partial charge in [0.1, 0.15) is 5.75 Å². The molecule has 0 aliphatic heterocycles. The minimum Gasteiger partial charge on any atom is -0.495 e. The third kappa shape index (κ3) is 3.70. The van der Waals surface area contributed by atoms with Gasteiger partial charge in [-0.05, 0) is 37.9 Å². The number of ether oxygens (including phenoxy) is 1. The SMILES string of the molecule is COc1cc(NC/C=C/Cl)c(Br)cc1Br. The maximum atomic E-state index is 5.43. The molecule has 1 aromatic carbocycles. The van der Waals surface area contributed by atoms with E-state index in [2.05, 4.69) is 37.2 Å². The Hall–Kier alpha value is -0.190. The fourth-order valence-corrected chi connectivity index (χ4v) is 2.42. The second kappa shape index (κ2) is 6.40. The molecule has 2 nitrogen and oxygen atoms in total. The first-order valence-electron chi connectivity index (χ1n) is 4.21. The van der Waals surface area contributed by atoms with Crippen molar-refractivity contribution in [3.05, 3.63) is 32.7 Å². The van der Waals surface area contributed by atoms with E-state index in [-0.39, 0.29) is 0 Å². The number of benzene rings is 1. The highest BCUT2D eigenvalue weighted by molar-refractivity contribution is 9.11.